The maximum absolute atomic E-state index is 5.91. The number of anilines is 1. The van der Waals surface area contributed by atoms with E-state index in [1.54, 1.807) is 0 Å². The monoisotopic (exact) mass is 351 g/mol. The van der Waals surface area contributed by atoms with Crippen molar-refractivity contribution in [3.63, 3.8) is 0 Å². The van der Waals surface area contributed by atoms with Crippen molar-refractivity contribution in [2.24, 2.45) is 0 Å². The van der Waals surface area contributed by atoms with E-state index in [0.717, 1.165) is 27.8 Å². The van der Waals surface area contributed by atoms with Gasteiger partial charge in [-0.05, 0) is 46.5 Å². The summed E-state index contributed by atoms with van der Waals surface area (Å²) in [5, 5.41) is 0.761. The van der Waals surface area contributed by atoms with Gasteiger partial charge in [0.2, 0.25) is 0 Å². The Labute approximate surface area is 132 Å². The topological polar surface area (TPSA) is 29.0 Å². The van der Waals surface area contributed by atoms with Crippen LogP contribution in [0.2, 0.25) is 5.02 Å². The average molecular weight is 353 g/mol. The van der Waals surface area contributed by atoms with Crippen LogP contribution in [0.25, 0.3) is 0 Å². The zero-order valence-electron chi connectivity index (χ0n) is 11.2. The Kier molecular flexibility index (Phi) is 3.94. The van der Waals surface area contributed by atoms with Gasteiger partial charge in [0.15, 0.2) is 0 Å². The summed E-state index contributed by atoms with van der Waals surface area (Å²) in [6, 6.07) is 9.86. The van der Waals surface area contributed by atoms with Gasteiger partial charge in [0.05, 0.1) is 0 Å². The molecule has 1 heterocycles. The van der Waals surface area contributed by atoms with Gasteiger partial charge < -0.3 is 4.90 Å². The number of hydrogen-bond acceptors (Lipinski definition) is 3. The number of halogens is 2. The zero-order valence-corrected chi connectivity index (χ0v) is 13.5. The number of aromatic nitrogens is 2. The Hall–Kier alpha value is -1.13. The minimum absolute atomic E-state index is 0.551. The molecule has 1 aromatic carbocycles. The van der Waals surface area contributed by atoms with Crippen molar-refractivity contribution in [1.82, 2.24) is 9.97 Å². The van der Waals surface area contributed by atoms with E-state index < -0.39 is 0 Å². The molecular weight excluding hydrogens is 338 g/mol. The van der Waals surface area contributed by atoms with Crippen LogP contribution in [0, 0.1) is 0 Å². The van der Waals surface area contributed by atoms with Crippen molar-refractivity contribution in [2.75, 3.05) is 11.9 Å². The van der Waals surface area contributed by atoms with Crippen LogP contribution in [-0.4, -0.2) is 17.0 Å². The van der Waals surface area contributed by atoms with Crippen molar-refractivity contribution >= 4 is 33.3 Å². The van der Waals surface area contributed by atoms with Crippen LogP contribution in [0.1, 0.15) is 30.1 Å². The van der Waals surface area contributed by atoms with Gasteiger partial charge in [0, 0.05) is 30.6 Å². The summed E-state index contributed by atoms with van der Waals surface area (Å²) in [5.41, 5.74) is 1.21. The second kappa shape index (κ2) is 5.70. The Morgan fingerprint density at radius 2 is 1.95 bits per heavy atom. The Morgan fingerprint density at radius 1 is 1.25 bits per heavy atom. The van der Waals surface area contributed by atoms with E-state index in [1.807, 2.05) is 37.4 Å². The predicted molar refractivity (Wildman–Crippen MR) is 85.3 cm³/mol. The molecule has 5 heteroatoms. The van der Waals surface area contributed by atoms with Crippen molar-refractivity contribution in [3.8, 4) is 0 Å². The molecule has 0 unspecified atom stereocenters. The molecule has 0 aliphatic heterocycles. The molecular formula is C15H15BrClN3. The quantitative estimate of drug-likeness (QED) is 0.763. The molecule has 1 fully saturated rings. The molecule has 0 N–H and O–H groups in total. The lowest BCUT2D eigenvalue weighted by Crippen LogP contribution is -2.18. The van der Waals surface area contributed by atoms with E-state index >= 15 is 0 Å². The molecule has 3 rings (SSSR count). The van der Waals surface area contributed by atoms with Crippen LogP contribution >= 0.6 is 27.5 Å². The molecule has 0 atom stereocenters. The molecule has 0 bridgehead atoms. The van der Waals surface area contributed by atoms with E-state index in [9.17, 15) is 0 Å². The van der Waals surface area contributed by atoms with Crippen LogP contribution in [0.15, 0.2) is 34.9 Å². The van der Waals surface area contributed by atoms with Gasteiger partial charge in [-0.3, -0.25) is 0 Å². The SMILES string of the molecule is CN(Cc1ccc(Cl)cc1)c1cc(Br)nc(C2CC2)n1. The van der Waals surface area contributed by atoms with Gasteiger partial charge in [-0.2, -0.15) is 0 Å². The third kappa shape index (κ3) is 3.30. The second-order valence-corrected chi connectivity index (χ2v) is 6.41. The van der Waals surface area contributed by atoms with E-state index in [1.165, 1.54) is 18.4 Å². The smallest absolute Gasteiger partial charge is 0.135 e. The predicted octanol–water partition coefficient (Wildman–Crippen LogP) is 4.41. The highest BCUT2D eigenvalue weighted by molar-refractivity contribution is 9.10. The molecule has 0 amide bonds. The summed E-state index contributed by atoms with van der Waals surface area (Å²) in [6.45, 7) is 0.796. The van der Waals surface area contributed by atoms with Crippen molar-refractivity contribution in [3.05, 3.63) is 51.3 Å². The summed E-state index contributed by atoms with van der Waals surface area (Å²) in [6.07, 6.45) is 2.41. The summed E-state index contributed by atoms with van der Waals surface area (Å²) in [5.74, 6) is 2.45. The maximum atomic E-state index is 5.91. The van der Waals surface area contributed by atoms with Crippen molar-refractivity contribution in [2.45, 2.75) is 25.3 Å². The Bertz CT molecular complexity index is 611. The van der Waals surface area contributed by atoms with Gasteiger partial charge >= 0.3 is 0 Å². The van der Waals surface area contributed by atoms with E-state index in [0.29, 0.717) is 5.92 Å². The minimum Gasteiger partial charge on any atom is -0.355 e. The first-order valence-electron chi connectivity index (χ1n) is 6.62. The van der Waals surface area contributed by atoms with Crippen molar-refractivity contribution in [1.29, 1.82) is 0 Å². The number of hydrogen-bond donors (Lipinski definition) is 0. The summed E-state index contributed by atoms with van der Waals surface area (Å²) >= 11 is 9.39. The number of nitrogens with zero attached hydrogens (tertiary/aromatic N) is 3. The number of rotatable bonds is 4. The highest BCUT2D eigenvalue weighted by atomic mass is 79.9. The van der Waals surface area contributed by atoms with Crippen molar-refractivity contribution < 1.29 is 0 Å². The van der Waals surface area contributed by atoms with Gasteiger partial charge in [-0.25, -0.2) is 9.97 Å². The Morgan fingerprint density at radius 3 is 2.60 bits per heavy atom. The molecule has 0 spiro atoms. The lowest BCUT2D eigenvalue weighted by molar-refractivity contribution is 0.848. The third-order valence-corrected chi connectivity index (χ3v) is 4.02. The lowest BCUT2D eigenvalue weighted by atomic mass is 10.2. The van der Waals surface area contributed by atoms with Crippen LogP contribution in [0.4, 0.5) is 5.82 Å². The Balaban J connectivity index is 1.79. The van der Waals surface area contributed by atoms with Gasteiger partial charge in [0.1, 0.15) is 16.2 Å². The highest BCUT2D eigenvalue weighted by Crippen LogP contribution is 2.39. The molecule has 3 nitrogen and oxygen atoms in total. The summed E-state index contributed by atoms with van der Waals surface area (Å²) in [7, 11) is 2.04. The molecule has 2 aromatic rings. The van der Waals surface area contributed by atoms with Gasteiger partial charge in [-0.1, -0.05) is 23.7 Å². The largest absolute Gasteiger partial charge is 0.355 e. The first-order chi connectivity index (χ1) is 9.61. The molecule has 20 heavy (non-hydrogen) atoms. The molecule has 0 saturated heterocycles. The molecule has 104 valence electrons. The van der Waals surface area contributed by atoms with Crippen LogP contribution in [0.5, 0.6) is 0 Å². The zero-order chi connectivity index (χ0) is 14.1. The molecule has 1 aliphatic carbocycles. The van der Waals surface area contributed by atoms with Crippen LogP contribution < -0.4 is 4.90 Å². The highest BCUT2D eigenvalue weighted by Gasteiger charge is 2.27. The minimum atomic E-state index is 0.551. The van der Waals surface area contributed by atoms with E-state index in [2.05, 4.69) is 30.8 Å². The molecule has 1 saturated carbocycles. The normalized spacial score (nSPS) is 14.3. The maximum Gasteiger partial charge on any atom is 0.135 e. The standard InChI is InChI=1S/C15H15BrClN3/c1-20(9-10-2-6-12(17)7-3-10)14-8-13(16)18-15(19-14)11-4-5-11/h2-3,6-8,11H,4-5,9H2,1H3. The average Bonchev–Trinajstić information content (AvgIpc) is 3.25. The molecule has 1 aromatic heterocycles. The summed E-state index contributed by atoms with van der Waals surface area (Å²) in [4.78, 5) is 11.3. The van der Waals surface area contributed by atoms with Crippen LogP contribution in [-0.2, 0) is 6.54 Å². The fourth-order valence-electron chi connectivity index (χ4n) is 2.09. The number of benzene rings is 1. The van der Waals surface area contributed by atoms with Gasteiger partial charge in [0.25, 0.3) is 0 Å². The van der Waals surface area contributed by atoms with E-state index in [-0.39, 0.29) is 0 Å². The lowest BCUT2D eigenvalue weighted by Gasteiger charge is -2.19. The fourth-order valence-corrected chi connectivity index (χ4v) is 2.60. The second-order valence-electron chi connectivity index (χ2n) is 5.16. The first kappa shape index (κ1) is 13.8. The third-order valence-electron chi connectivity index (χ3n) is 3.37. The van der Waals surface area contributed by atoms with Crippen LogP contribution in [0.3, 0.4) is 0 Å². The first-order valence-corrected chi connectivity index (χ1v) is 7.79. The molecule has 1 aliphatic rings. The molecule has 0 radical (unpaired) electrons. The van der Waals surface area contributed by atoms with E-state index in [4.69, 9.17) is 11.6 Å². The summed E-state index contributed by atoms with van der Waals surface area (Å²) < 4.78 is 0.854. The van der Waals surface area contributed by atoms with Gasteiger partial charge in [-0.15, -0.1) is 0 Å². The fraction of sp³-hybridized carbons (Fsp3) is 0.333.